The zero-order valence-corrected chi connectivity index (χ0v) is 14.3. The van der Waals surface area contributed by atoms with E-state index in [1.54, 1.807) is 23.4 Å². The third kappa shape index (κ3) is 6.82. The number of amides is 2. The molecule has 1 aromatic rings. The second-order valence-electron chi connectivity index (χ2n) is 5.64. The van der Waals surface area contributed by atoms with E-state index in [-0.39, 0.29) is 5.91 Å². The number of nitrogens with one attached hydrogen (secondary N) is 1. The van der Waals surface area contributed by atoms with E-state index in [0.717, 1.165) is 0 Å². The molecule has 2 amide bonds. The summed E-state index contributed by atoms with van der Waals surface area (Å²) in [6, 6.07) is 1.66. The van der Waals surface area contributed by atoms with Gasteiger partial charge in [-0.25, -0.2) is 4.79 Å². The molecular formula is C14H21ClN2O3S. The average Bonchev–Trinajstić information content (AvgIpc) is 2.78. The molecule has 0 saturated carbocycles. The first-order valence-corrected chi connectivity index (χ1v) is 7.91. The van der Waals surface area contributed by atoms with Crippen molar-refractivity contribution in [3.8, 4) is 0 Å². The summed E-state index contributed by atoms with van der Waals surface area (Å²) >= 11 is 7.13. The molecule has 1 heterocycles. The minimum Gasteiger partial charge on any atom is -0.444 e. The molecule has 0 atom stereocenters. The monoisotopic (exact) mass is 332 g/mol. The minimum atomic E-state index is -0.505. The lowest BCUT2D eigenvalue weighted by Crippen LogP contribution is -2.35. The molecule has 0 fully saturated rings. The zero-order chi connectivity index (χ0) is 16.0. The van der Waals surface area contributed by atoms with Crippen LogP contribution in [-0.2, 0) is 4.74 Å². The maximum Gasteiger partial charge on any atom is 0.407 e. The van der Waals surface area contributed by atoms with Crippen molar-refractivity contribution in [1.82, 2.24) is 10.2 Å². The first-order valence-electron chi connectivity index (χ1n) is 6.65. The summed E-state index contributed by atoms with van der Waals surface area (Å²) in [6.07, 6.45) is 0.210. The van der Waals surface area contributed by atoms with Crippen LogP contribution >= 0.6 is 22.9 Å². The van der Waals surface area contributed by atoms with Crippen molar-refractivity contribution in [3.63, 3.8) is 0 Å². The second kappa shape index (κ2) is 7.66. The van der Waals surface area contributed by atoms with E-state index in [9.17, 15) is 9.59 Å². The number of thiophene rings is 1. The quantitative estimate of drug-likeness (QED) is 0.841. The summed E-state index contributed by atoms with van der Waals surface area (Å²) in [5.74, 6) is -0.0656. The molecule has 1 aromatic heterocycles. The van der Waals surface area contributed by atoms with Crippen LogP contribution in [-0.4, -0.2) is 42.6 Å². The van der Waals surface area contributed by atoms with E-state index in [4.69, 9.17) is 16.3 Å². The predicted molar refractivity (Wildman–Crippen MR) is 85.1 cm³/mol. The largest absolute Gasteiger partial charge is 0.444 e. The Morgan fingerprint density at radius 2 is 2.10 bits per heavy atom. The molecule has 0 bridgehead atoms. The summed E-state index contributed by atoms with van der Waals surface area (Å²) in [6.45, 7) is 6.43. The molecule has 1 rings (SSSR count). The van der Waals surface area contributed by atoms with Gasteiger partial charge in [0.1, 0.15) is 5.60 Å². The lowest BCUT2D eigenvalue weighted by molar-refractivity contribution is 0.0526. The van der Waals surface area contributed by atoms with Gasteiger partial charge in [0, 0.05) is 25.5 Å². The number of carbonyl (C=O) groups is 2. The van der Waals surface area contributed by atoms with Gasteiger partial charge in [0.15, 0.2) is 0 Å². The molecule has 0 aromatic carbocycles. The zero-order valence-electron chi connectivity index (χ0n) is 12.7. The summed E-state index contributed by atoms with van der Waals surface area (Å²) in [5.41, 5.74) is -0.505. The number of hydrogen-bond acceptors (Lipinski definition) is 4. The number of ether oxygens (including phenoxy) is 1. The maximum absolute atomic E-state index is 12.0. The average molecular weight is 333 g/mol. The first-order chi connectivity index (χ1) is 9.69. The summed E-state index contributed by atoms with van der Waals surface area (Å²) < 4.78 is 5.12. The number of hydrogen-bond donors (Lipinski definition) is 1. The van der Waals surface area contributed by atoms with E-state index in [2.05, 4.69) is 5.32 Å². The Hall–Kier alpha value is -1.27. The number of halogens is 1. The molecule has 0 aliphatic rings. The van der Waals surface area contributed by atoms with Crippen LogP contribution < -0.4 is 5.32 Å². The van der Waals surface area contributed by atoms with Crippen molar-refractivity contribution < 1.29 is 14.3 Å². The van der Waals surface area contributed by atoms with Crippen molar-refractivity contribution in [1.29, 1.82) is 0 Å². The fourth-order valence-corrected chi connectivity index (χ4v) is 2.60. The van der Waals surface area contributed by atoms with Crippen molar-refractivity contribution in [2.24, 2.45) is 0 Å². The lowest BCUT2D eigenvalue weighted by atomic mass is 10.2. The van der Waals surface area contributed by atoms with Gasteiger partial charge in [-0.1, -0.05) is 11.6 Å². The van der Waals surface area contributed by atoms with Gasteiger partial charge < -0.3 is 15.0 Å². The van der Waals surface area contributed by atoms with Crippen LogP contribution in [0, 0.1) is 0 Å². The fourth-order valence-electron chi connectivity index (χ4n) is 1.54. The third-order valence-corrected chi connectivity index (χ3v) is 3.73. The van der Waals surface area contributed by atoms with Gasteiger partial charge in [0.2, 0.25) is 0 Å². The van der Waals surface area contributed by atoms with Crippen LogP contribution in [0.5, 0.6) is 0 Å². The minimum absolute atomic E-state index is 0.0656. The summed E-state index contributed by atoms with van der Waals surface area (Å²) in [4.78, 5) is 25.7. The Balaban J connectivity index is 2.26. The Morgan fingerprint density at radius 3 is 2.62 bits per heavy atom. The number of alkyl carbamates (subject to hydrolysis) is 1. The fraction of sp³-hybridized carbons (Fsp3) is 0.571. The van der Waals surface area contributed by atoms with E-state index < -0.39 is 11.7 Å². The molecule has 21 heavy (non-hydrogen) atoms. The molecular weight excluding hydrogens is 312 g/mol. The van der Waals surface area contributed by atoms with Crippen molar-refractivity contribution in [2.45, 2.75) is 32.8 Å². The standard InChI is InChI=1S/C14H21ClN2O3S/c1-14(2,3)20-13(19)16-6-5-7-17(4)12(18)11-8-10(15)9-21-11/h8-9H,5-7H2,1-4H3,(H,16,19). The molecule has 0 aliphatic carbocycles. The molecule has 0 saturated heterocycles. The van der Waals surface area contributed by atoms with Crippen LogP contribution in [0.3, 0.4) is 0 Å². The van der Waals surface area contributed by atoms with Gasteiger partial charge in [0.05, 0.1) is 9.90 Å². The third-order valence-electron chi connectivity index (χ3n) is 2.46. The lowest BCUT2D eigenvalue weighted by Gasteiger charge is -2.20. The molecule has 7 heteroatoms. The maximum atomic E-state index is 12.0. The van der Waals surface area contributed by atoms with Gasteiger partial charge in [-0.15, -0.1) is 11.3 Å². The SMILES string of the molecule is CN(CCCNC(=O)OC(C)(C)C)C(=O)c1cc(Cl)cs1. The normalized spacial score (nSPS) is 11.1. The van der Waals surface area contributed by atoms with Crippen molar-refractivity contribution in [2.75, 3.05) is 20.1 Å². The van der Waals surface area contributed by atoms with E-state index >= 15 is 0 Å². The van der Waals surface area contributed by atoms with Gasteiger partial charge in [0.25, 0.3) is 5.91 Å². The number of rotatable bonds is 5. The van der Waals surface area contributed by atoms with Crippen molar-refractivity contribution >= 4 is 34.9 Å². The van der Waals surface area contributed by atoms with Crippen molar-refractivity contribution in [3.05, 3.63) is 21.3 Å². The highest BCUT2D eigenvalue weighted by Crippen LogP contribution is 2.20. The topological polar surface area (TPSA) is 58.6 Å². The molecule has 0 radical (unpaired) electrons. The Kier molecular flexibility index (Phi) is 6.48. The highest BCUT2D eigenvalue weighted by atomic mass is 35.5. The van der Waals surface area contributed by atoms with Gasteiger partial charge in [-0.2, -0.15) is 0 Å². The first kappa shape index (κ1) is 17.8. The van der Waals surface area contributed by atoms with Gasteiger partial charge >= 0.3 is 6.09 Å². The highest BCUT2D eigenvalue weighted by Gasteiger charge is 2.16. The van der Waals surface area contributed by atoms with Crippen LogP contribution in [0.4, 0.5) is 4.79 Å². The van der Waals surface area contributed by atoms with Crippen LogP contribution in [0.2, 0.25) is 5.02 Å². The molecule has 1 N–H and O–H groups in total. The van der Waals surface area contributed by atoms with E-state index in [1.807, 2.05) is 20.8 Å². The van der Waals surface area contributed by atoms with Gasteiger partial charge in [-0.3, -0.25) is 4.79 Å². The Bertz CT molecular complexity index is 497. The van der Waals surface area contributed by atoms with E-state index in [0.29, 0.717) is 29.4 Å². The van der Waals surface area contributed by atoms with Crippen LogP contribution in [0.15, 0.2) is 11.4 Å². The highest BCUT2D eigenvalue weighted by molar-refractivity contribution is 7.12. The summed E-state index contributed by atoms with van der Waals surface area (Å²) in [7, 11) is 1.73. The number of nitrogens with zero attached hydrogens (tertiary/aromatic N) is 1. The van der Waals surface area contributed by atoms with Gasteiger partial charge in [-0.05, 0) is 33.3 Å². The molecule has 118 valence electrons. The van der Waals surface area contributed by atoms with E-state index in [1.165, 1.54) is 11.3 Å². The molecule has 0 unspecified atom stereocenters. The summed E-state index contributed by atoms with van der Waals surface area (Å²) in [5, 5.41) is 4.96. The van der Waals surface area contributed by atoms with Crippen LogP contribution in [0.25, 0.3) is 0 Å². The predicted octanol–water partition coefficient (Wildman–Crippen LogP) is 3.39. The Labute approximate surface area is 134 Å². The smallest absolute Gasteiger partial charge is 0.407 e. The number of carbonyl (C=O) groups excluding carboxylic acids is 2. The van der Waals surface area contributed by atoms with Crippen LogP contribution in [0.1, 0.15) is 36.9 Å². The Morgan fingerprint density at radius 1 is 1.43 bits per heavy atom. The molecule has 5 nitrogen and oxygen atoms in total. The second-order valence-corrected chi connectivity index (χ2v) is 6.99. The molecule has 0 aliphatic heterocycles. The molecule has 0 spiro atoms.